The van der Waals surface area contributed by atoms with Crippen LogP contribution in [0.15, 0.2) is 36.5 Å². The van der Waals surface area contributed by atoms with E-state index < -0.39 is 0 Å². The molecule has 0 atom stereocenters. The second-order valence-corrected chi connectivity index (χ2v) is 6.39. The highest BCUT2D eigenvalue weighted by Crippen LogP contribution is 2.29. The summed E-state index contributed by atoms with van der Waals surface area (Å²) >= 11 is 0. The fourth-order valence-electron chi connectivity index (χ4n) is 3.07. The van der Waals surface area contributed by atoms with E-state index >= 15 is 0 Å². The van der Waals surface area contributed by atoms with Gasteiger partial charge in [-0.25, -0.2) is 0 Å². The van der Waals surface area contributed by atoms with Crippen molar-refractivity contribution in [2.75, 3.05) is 25.4 Å². The number of phenolic OH excluding ortho intramolecular Hbond substituents is 1. The number of benzene rings is 1. The molecule has 0 aliphatic carbocycles. The van der Waals surface area contributed by atoms with Crippen LogP contribution in [-0.2, 0) is 0 Å². The zero-order valence-electron chi connectivity index (χ0n) is 14.6. The molecule has 7 nitrogen and oxygen atoms in total. The number of phenols is 1. The molecule has 0 radical (unpaired) electrons. The molecule has 3 rings (SSSR count). The number of aromatic hydroxyl groups is 1. The molecular formula is C19H24N6O. The van der Waals surface area contributed by atoms with Crippen LogP contribution in [0.5, 0.6) is 5.75 Å². The largest absolute Gasteiger partial charge is 0.507 e. The quantitative estimate of drug-likeness (QED) is 0.507. The number of hydrogen-bond donors (Lipinski definition) is 5. The summed E-state index contributed by atoms with van der Waals surface area (Å²) < 4.78 is 0. The topological polar surface area (TPSA) is 120 Å². The lowest BCUT2D eigenvalue weighted by Gasteiger charge is -2.22. The summed E-state index contributed by atoms with van der Waals surface area (Å²) in [6.45, 7) is 2.97. The van der Waals surface area contributed by atoms with Crippen LogP contribution in [0.2, 0.25) is 0 Å². The Morgan fingerprint density at radius 2 is 2.08 bits per heavy atom. The number of nitrogen functional groups attached to an aromatic ring is 1. The molecule has 0 amide bonds. The van der Waals surface area contributed by atoms with Crippen LogP contribution >= 0.6 is 0 Å². The van der Waals surface area contributed by atoms with E-state index in [1.54, 1.807) is 30.5 Å². The summed E-state index contributed by atoms with van der Waals surface area (Å²) in [5, 5.41) is 32.5. The second kappa shape index (κ2) is 8.44. The smallest absolute Gasteiger partial charge is 0.154 e. The van der Waals surface area contributed by atoms with Crippen molar-refractivity contribution in [2.45, 2.75) is 12.8 Å². The van der Waals surface area contributed by atoms with Gasteiger partial charge in [0.25, 0.3) is 0 Å². The summed E-state index contributed by atoms with van der Waals surface area (Å²) in [4.78, 5) is 0. The van der Waals surface area contributed by atoms with Crippen LogP contribution in [0.1, 0.15) is 18.4 Å². The lowest BCUT2D eigenvalue weighted by molar-refractivity contribution is 0.369. The van der Waals surface area contributed by atoms with Crippen LogP contribution in [0, 0.1) is 11.3 Å². The van der Waals surface area contributed by atoms with E-state index in [0.717, 1.165) is 32.5 Å². The predicted molar refractivity (Wildman–Crippen MR) is 104 cm³/mol. The van der Waals surface area contributed by atoms with E-state index in [2.05, 4.69) is 20.8 Å². The van der Waals surface area contributed by atoms with Crippen molar-refractivity contribution in [1.29, 1.82) is 5.41 Å². The molecule has 1 aliphatic heterocycles. The Morgan fingerprint density at radius 1 is 1.31 bits per heavy atom. The summed E-state index contributed by atoms with van der Waals surface area (Å²) in [5.41, 5.74) is 8.31. The van der Waals surface area contributed by atoms with Gasteiger partial charge in [0.15, 0.2) is 5.82 Å². The van der Waals surface area contributed by atoms with Crippen LogP contribution < -0.4 is 16.4 Å². The highest BCUT2D eigenvalue weighted by Gasteiger charge is 2.14. The predicted octanol–water partition coefficient (Wildman–Crippen LogP) is 2.01. The molecule has 2 heterocycles. The van der Waals surface area contributed by atoms with Gasteiger partial charge in [0, 0.05) is 35.7 Å². The molecule has 0 saturated carbocycles. The first-order chi connectivity index (χ1) is 12.7. The second-order valence-electron chi connectivity index (χ2n) is 6.39. The highest BCUT2D eigenvalue weighted by atomic mass is 16.3. The van der Waals surface area contributed by atoms with E-state index in [-0.39, 0.29) is 11.6 Å². The average molecular weight is 352 g/mol. The maximum Gasteiger partial charge on any atom is 0.154 e. The maximum atomic E-state index is 10.0. The van der Waals surface area contributed by atoms with Crippen molar-refractivity contribution in [3.05, 3.63) is 42.1 Å². The molecule has 0 unspecified atom stereocenters. The number of nitrogens with two attached hydrogens (primary N) is 1. The summed E-state index contributed by atoms with van der Waals surface area (Å²) in [6, 6.07) is 8.68. The number of aromatic nitrogens is 2. The fourth-order valence-corrected chi connectivity index (χ4v) is 3.07. The van der Waals surface area contributed by atoms with Gasteiger partial charge >= 0.3 is 0 Å². The molecule has 0 spiro atoms. The number of allylic oxidation sites excluding steroid dienone is 1. The number of para-hydroxylation sites is 1. The standard InChI is InChI=1S/C19H24N6O/c20-10-14(12-23-11-13-5-7-22-8-6-13)16-9-17(24-25-19(16)21)15-3-1-2-4-18(15)26/h1-4,9-10,12-13,20,22-23,26H,5-8,11H2,(H2,21,25)/b14-12+,20-10?. The normalized spacial score (nSPS) is 15.6. The minimum atomic E-state index is 0.127. The van der Waals surface area contributed by atoms with Crippen LogP contribution in [0.4, 0.5) is 5.82 Å². The fraction of sp³-hybridized carbons (Fsp3) is 0.316. The summed E-state index contributed by atoms with van der Waals surface area (Å²) in [6.07, 6.45) is 5.35. The minimum absolute atomic E-state index is 0.127. The van der Waals surface area contributed by atoms with Gasteiger partial charge in [0.05, 0.1) is 5.69 Å². The van der Waals surface area contributed by atoms with Crippen LogP contribution in [0.3, 0.4) is 0 Å². The van der Waals surface area contributed by atoms with E-state index in [1.807, 2.05) is 6.07 Å². The Kier molecular flexibility index (Phi) is 5.80. The monoisotopic (exact) mass is 352 g/mol. The zero-order chi connectivity index (χ0) is 18.4. The minimum Gasteiger partial charge on any atom is -0.507 e. The third kappa shape index (κ3) is 4.18. The lowest BCUT2D eigenvalue weighted by atomic mass is 9.98. The van der Waals surface area contributed by atoms with E-state index in [0.29, 0.717) is 28.3 Å². The maximum absolute atomic E-state index is 10.0. The van der Waals surface area contributed by atoms with Gasteiger partial charge in [-0.3, -0.25) is 0 Å². The SMILES string of the molecule is N=C/C(=C\NCC1CCNCC1)c1cc(-c2ccccc2O)nnc1N. The van der Waals surface area contributed by atoms with Gasteiger partial charge in [-0.1, -0.05) is 12.1 Å². The van der Waals surface area contributed by atoms with Crippen molar-refractivity contribution in [3.8, 4) is 17.0 Å². The van der Waals surface area contributed by atoms with Crippen LogP contribution in [-0.4, -0.2) is 41.2 Å². The van der Waals surface area contributed by atoms with Gasteiger partial charge in [-0.15, -0.1) is 10.2 Å². The third-order valence-corrected chi connectivity index (χ3v) is 4.59. The first-order valence-corrected chi connectivity index (χ1v) is 8.75. The average Bonchev–Trinajstić information content (AvgIpc) is 2.67. The lowest BCUT2D eigenvalue weighted by Crippen LogP contribution is -2.32. The molecular weight excluding hydrogens is 328 g/mol. The van der Waals surface area contributed by atoms with Gasteiger partial charge in [0.1, 0.15) is 5.75 Å². The molecule has 1 aromatic heterocycles. The van der Waals surface area contributed by atoms with Crippen molar-refractivity contribution in [2.24, 2.45) is 5.92 Å². The van der Waals surface area contributed by atoms with Crippen molar-refractivity contribution in [1.82, 2.24) is 20.8 Å². The Labute approximate surface area is 152 Å². The molecule has 1 saturated heterocycles. The highest BCUT2D eigenvalue weighted by molar-refractivity contribution is 6.10. The number of nitrogens with zero attached hydrogens (tertiary/aromatic N) is 2. The number of rotatable bonds is 6. The van der Waals surface area contributed by atoms with E-state index in [1.165, 1.54) is 6.21 Å². The molecule has 1 aliphatic rings. The molecule has 1 fully saturated rings. The Hall–Kier alpha value is -2.93. The van der Waals surface area contributed by atoms with Crippen LogP contribution in [0.25, 0.3) is 16.8 Å². The van der Waals surface area contributed by atoms with Crippen molar-refractivity contribution < 1.29 is 5.11 Å². The molecule has 7 heteroatoms. The number of hydrogen-bond acceptors (Lipinski definition) is 7. The third-order valence-electron chi connectivity index (χ3n) is 4.59. The first kappa shape index (κ1) is 17.9. The number of nitrogens with one attached hydrogen (secondary N) is 3. The van der Waals surface area contributed by atoms with Gasteiger partial charge < -0.3 is 26.9 Å². The molecule has 26 heavy (non-hydrogen) atoms. The van der Waals surface area contributed by atoms with Crippen molar-refractivity contribution >= 4 is 17.6 Å². The van der Waals surface area contributed by atoms with Gasteiger partial charge in [0.2, 0.25) is 0 Å². The van der Waals surface area contributed by atoms with E-state index in [4.69, 9.17) is 11.1 Å². The molecule has 0 bridgehead atoms. The van der Waals surface area contributed by atoms with Crippen molar-refractivity contribution in [3.63, 3.8) is 0 Å². The first-order valence-electron chi connectivity index (χ1n) is 8.75. The van der Waals surface area contributed by atoms with Gasteiger partial charge in [-0.05, 0) is 50.0 Å². The molecule has 1 aromatic carbocycles. The Morgan fingerprint density at radius 3 is 2.81 bits per heavy atom. The summed E-state index contributed by atoms with van der Waals surface area (Å²) in [5.74, 6) is 1.01. The Bertz CT molecular complexity index is 798. The zero-order valence-corrected chi connectivity index (χ0v) is 14.6. The molecule has 6 N–H and O–H groups in total. The van der Waals surface area contributed by atoms with Gasteiger partial charge in [-0.2, -0.15) is 0 Å². The molecule has 2 aromatic rings. The number of anilines is 1. The van der Waals surface area contributed by atoms with E-state index in [9.17, 15) is 5.11 Å². The summed E-state index contributed by atoms with van der Waals surface area (Å²) in [7, 11) is 0. The number of piperidine rings is 1. The Balaban J connectivity index is 1.81. The molecule has 136 valence electrons.